The Morgan fingerprint density at radius 1 is 1.19 bits per heavy atom. The van der Waals surface area contributed by atoms with Gasteiger partial charge in [0, 0.05) is 12.3 Å². The molecule has 0 unspecified atom stereocenters. The molecule has 2 aromatic rings. The number of ether oxygens (including phenoxy) is 1. The first-order chi connectivity index (χ1) is 9.77. The van der Waals surface area contributed by atoms with Crippen molar-refractivity contribution < 1.29 is 27.8 Å². The summed E-state index contributed by atoms with van der Waals surface area (Å²) < 4.78 is 43.3. The van der Waals surface area contributed by atoms with Crippen LogP contribution in [0.3, 0.4) is 0 Å². The zero-order chi connectivity index (χ0) is 15.6. The summed E-state index contributed by atoms with van der Waals surface area (Å²) in [7, 11) is 0. The highest BCUT2D eigenvalue weighted by Gasteiger charge is 2.35. The van der Waals surface area contributed by atoms with Gasteiger partial charge >= 0.3 is 12.1 Å². The molecule has 0 aliphatic heterocycles. The average molecular weight is 318 g/mol. The maximum Gasteiger partial charge on any atom is 0.417 e. The third-order valence-electron chi connectivity index (χ3n) is 2.44. The second-order valence-electron chi connectivity index (χ2n) is 3.95. The van der Waals surface area contributed by atoms with Gasteiger partial charge < -0.3 is 9.84 Å². The number of hydrogen-bond acceptors (Lipinski definition) is 3. The summed E-state index contributed by atoms with van der Waals surface area (Å²) in [5.74, 6) is -1.58. The van der Waals surface area contributed by atoms with E-state index in [2.05, 4.69) is 4.98 Å². The molecule has 2 rings (SSSR count). The molecule has 21 heavy (non-hydrogen) atoms. The molecule has 1 N–H and O–H groups in total. The highest BCUT2D eigenvalue weighted by Crippen LogP contribution is 2.35. The summed E-state index contributed by atoms with van der Waals surface area (Å²) in [6.45, 7) is 0. The van der Waals surface area contributed by atoms with Gasteiger partial charge in [-0.3, -0.25) is 4.98 Å². The van der Waals surface area contributed by atoms with Crippen molar-refractivity contribution in [1.29, 1.82) is 0 Å². The molecule has 0 aliphatic carbocycles. The second-order valence-corrected chi connectivity index (χ2v) is 4.39. The van der Waals surface area contributed by atoms with Gasteiger partial charge in [0.1, 0.15) is 11.5 Å². The topological polar surface area (TPSA) is 59.4 Å². The first-order valence-corrected chi connectivity index (χ1v) is 5.88. The maximum absolute atomic E-state index is 12.7. The number of pyridine rings is 1. The summed E-state index contributed by atoms with van der Waals surface area (Å²) in [4.78, 5) is 14.7. The minimum Gasteiger partial charge on any atom is -0.478 e. The highest BCUT2D eigenvalue weighted by atomic mass is 35.5. The van der Waals surface area contributed by atoms with Gasteiger partial charge in [0.25, 0.3) is 0 Å². The number of carboxylic acids is 1. The summed E-state index contributed by atoms with van der Waals surface area (Å²) >= 11 is 5.69. The Balaban J connectivity index is 2.39. The Morgan fingerprint density at radius 3 is 2.48 bits per heavy atom. The van der Waals surface area contributed by atoms with Gasteiger partial charge in [0.05, 0.1) is 22.3 Å². The number of aromatic nitrogens is 1. The second kappa shape index (κ2) is 5.61. The normalized spacial score (nSPS) is 11.2. The average Bonchev–Trinajstić information content (AvgIpc) is 2.37. The number of carbonyl (C=O) groups is 1. The van der Waals surface area contributed by atoms with Gasteiger partial charge in [-0.05, 0) is 18.2 Å². The molecule has 0 amide bonds. The van der Waals surface area contributed by atoms with E-state index in [0.717, 1.165) is 12.1 Å². The predicted octanol–water partition coefficient (Wildman–Crippen LogP) is 4.24. The van der Waals surface area contributed by atoms with Crippen LogP contribution in [0.1, 0.15) is 15.9 Å². The van der Waals surface area contributed by atoms with Crippen LogP contribution in [0.2, 0.25) is 5.02 Å². The van der Waals surface area contributed by atoms with E-state index in [1.54, 1.807) is 0 Å². The fourth-order valence-electron chi connectivity index (χ4n) is 1.60. The molecule has 1 aromatic carbocycles. The van der Waals surface area contributed by atoms with Crippen LogP contribution >= 0.6 is 11.6 Å². The quantitative estimate of drug-likeness (QED) is 0.919. The van der Waals surface area contributed by atoms with Crippen molar-refractivity contribution in [2.75, 3.05) is 0 Å². The molecule has 0 saturated carbocycles. The van der Waals surface area contributed by atoms with E-state index in [1.165, 1.54) is 18.5 Å². The van der Waals surface area contributed by atoms with Crippen LogP contribution in [0.25, 0.3) is 0 Å². The van der Waals surface area contributed by atoms with Crippen molar-refractivity contribution in [2.24, 2.45) is 0 Å². The summed E-state index contributed by atoms with van der Waals surface area (Å²) in [6, 6.07) is 3.87. The monoisotopic (exact) mass is 317 g/mol. The Labute approximate surface area is 121 Å². The summed E-state index contributed by atoms with van der Waals surface area (Å²) in [5.41, 5.74) is -2.14. The lowest BCUT2D eigenvalue weighted by molar-refractivity contribution is -0.138. The minimum atomic E-state index is -4.76. The van der Waals surface area contributed by atoms with E-state index in [4.69, 9.17) is 21.4 Å². The van der Waals surface area contributed by atoms with Gasteiger partial charge in [0.15, 0.2) is 0 Å². The van der Waals surface area contributed by atoms with Crippen molar-refractivity contribution in [3.05, 3.63) is 52.8 Å². The van der Waals surface area contributed by atoms with Crippen molar-refractivity contribution in [3.63, 3.8) is 0 Å². The molecule has 8 heteroatoms. The number of alkyl halides is 3. The van der Waals surface area contributed by atoms with E-state index in [0.29, 0.717) is 6.07 Å². The molecule has 0 aliphatic rings. The number of nitrogens with zero attached hydrogens (tertiary/aromatic N) is 1. The zero-order valence-electron chi connectivity index (χ0n) is 10.2. The van der Waals surface area contributed by atoms with Crippen LogP contribution in [0.5, 0.6) is 11.5 Å². The number of benzene rings is 1. The van der Waals surface area contributed by atoms with E-state index < -0.39 is 23.3 Å². The van der Waals surface area contributed by atoms with E-state index in [9.17, 15) is 18.0 Å². The first-order valence-electron chi connectivity index (χ1n) is 5.50. The fourth-order valence-corrected chi connectivity index (χ4v) is 1.76. The van der Waals surface area contributed by atoms with E-state index in [-0.39, 0.29) is 16.5 Å². The minimum absolute atomic E-state index is 0.0653. The molecular weight excluding hydrogens is 311 g/mol. The van der Waals surface area contributed by atoms with Crippen LogP contribution in [0, 0.1) is 0 Å². The van der Waals surface area contributed by atoms with Crippen molar-refractivity contribution >= 4 is 17.6 Å². The molecule has 1 aromatic heterocycles. The van der Waals surface area contributed by atoms with Crippen molar-refractivity contribution in [3.8, 4) is 11.5 Å². The van der Waals surface area contributed by atoms with Crippen molar-refractivity contribution in [1.82, 2.24) is 4.98 Å². The van der Waals surface area contributed by atoms with Gasteiger partial charge in [-0.2, -0.15) is 13.2 Å². The predicted molar refractivity (Wildman–Crippen MR) is 67.7 cm³/mol. The molecule has 4 nitrogen and oxygen atoms in total. The molecule has 110 valence electrons. The van der Waals surface area contributed by atoms with E-state index in [1.807, 2.05) is 0 Å². The van der Waals surface area contributed by atoms with Gasteiger partial charge in [-0.1, -0.05) is 11.6 Å². The lowest BCUT2D eigenvalue weighted by Gasteiger charge is -2.12. The van der Waals surface area contributed by atoms with Gasteiger partial charge in [-0.15, -0.1) is 0 Å². The van der Waals surface area contributed by atoms with Crippen LogP contribution < -0.4 is 4.74 Å². The van der Waals surface area contributed by atoms with Crippen LogP contribution in [-0.4, -0.2) is 16.1 Å². The van der Waals surface area contributed by atoms with Crippen LogP contribution in [0.4, 0.5) is 13.2 Å². The molecule has 0 radical (unpaired) electrons. The Bertz CT molecular complexity index is 689. The van der Waals surface area contributed by atoms with Crippen LogP contribution in [-0.2, 0) is 6.18 Å². The number of halogens is 4. The van der Waals surface area contributed by atoms with Crippen LogP contribution in [0.15, 0.2) is 36.7 Å². The standard InChI is InChI=1S/C13H7ClF3NO3/c14-7-3-9(6-18-5-7)21-8-1-2-11(13(15,16)17)10(4-8)12(19)20/h1-6H,(H,19,20). The first kappa shape index (κ1) is 15.1. The molecule has 0 saturated heterocycles. The third kappa shape index (κ3) is 3.63. The fraction of sp³-hybridized carbons (Fsp3) is 0.0769. The van der Waals surface area contributed by atoms with E-state index >= 15 is 0 Å². The highest BCUT2D eigenvalue weighted by molar-refractivity contribution is 6.30. The third-order valence-corrected chi connectivity index (χ3v) is 2.65. The Hall–Kier alpha value is -2.28. The van der Waals surface area contributed by atoms with Crippen molar-refractivity contribution in [2.45, 2.75) is 6.18 Å². The van der Waals surface area contributed by atoms with Gasteiger partial charge in [0.2, 0.25) is 0 Å². The summed E-state index contributed by atoms with van der Waals surface area (Å²) in [6.07, 6.45) is -2.11. The number of aromatic carboxylic acids is 1. The maximum atomic E-state index is 12.7. The molecule has 0 spiro atoms. The summed E-state index contributed by atoms with van der Waals surface area (Å²) in [5, 5.41) is 9.15. The molecule has 0 fully saturated rings. The molecule has 0 bridgehead atoms. The number of carboxylic acid groups (broad SMARTS) is 1. The Kier molecular flexibility index (Phi) is 4.04. The smallest absolute Gasteiger partial charge is 0.417 e. The zero-order valence-corrected chi connectivity index (χ0v) is 10.9. The lowest BCUT2D eigenvalue weighted by atomic mass is 10.1. The Morgan fingerprint density at radius 2 is 1.90 bits per heavy atom. The largest absolute Gasteiger partial charge is 0.478 e. The molecule has 1 heterocycles. The molecule has 0 atom stereocenters. The molecular formula is C13H7ClF3NO3. The van der Waals surface area contributed by atoms with Gasteiger partial charge in [-0.25, -0.2) is 4.79 Å². The number of hydrogen-bond donors (Lipinski definition) is 1. The lowest BCUT2D eigenvalue weighted by Crippen LogP contribution is -2.12. The number of rotatable bonds is 3. The SMILES string of the molecule is O=C(O)c1cc(Oc2cncc(Cl)c2)ccc1C(F)(F)F.